The fourth-order valence-electron chi connectivity index (χ4n) is 2.87. The standard InChI is InChI=1S/C20H19N5O2S/c1-3-14-8-4-5-10-16(14)27-12-17(26)21-19-24-25-18(22-23-20(25)28-19)15-9-6-7-13(2)11-15/h4-11H,3,12H2,1-2H3,(H,21,24,26). The Hall–Kier alpha value is -3.26. The summed E-state index contributed by atoms with van der Waals surface area (Å²) in [5.74, 6) is 1.09. The number of para-hydroxylation sites is 1. The zero-order valence-corrected chi connectivity index (χ0v) is 16.4. The van der Waals surface area contributed by atoms with Gasteiger partial charge < -0.3 is 4.74 Å². The topological polar surface area (TPSA) is 81.4 Å². The van der Waals surface area contributed by atoms with Crippen LogP contribution in [0, 0.1) is 6.92 Å². The van der Waals surface area contributed by atoms with Gasteiger partial charge in [0.1, 0.15) is 5.75 Å². The summed E-state index contributed by atoms with van der Waals surface area (Å²) in [5, 5.41) is 16.0. The average molecular weight is 393 g/mol. The molecule has 8 heteroatoms. The maximum absolute atomic E-state index is 12.3. The number of carbonyl (C=O) groups excluding carboxylic acids is 1. The van der Waals surface area contributed by atoms with E-state index in [1.165, 1.54) is 11.3 Å². The van der Waals surface area contributed by atoms with Gasteiger partial charge in [-0.15, -0.1) is 15.3 Å². The quantitative estimate of drug-likeness (QED) is 0.540. The molecule has 0 unspecified atom stereocenters. The Balaban J connectivity index is 1.47. The second-order valence-electron chi connectivity index (χ2n) is 6.29. The van der Waals surface area contributed by atoms with E-state index in [1.807, 2.05) is 62.4 Å². The van der Waals surface area contributed by atoms with E-state index in [9.17, 15) is 4.79 Å². The minimum absolute atomic E-state index is 0.0815. The highest BCUT2D eigenvalue weighted by Gasteiger charge is 2.15. The fourth-order valence-corrected chi connectivity index (χ4v) is 3.62. The number of ether oxygens (including phenoxy) is 1. The van der Waals surface area contributed by atoms with Crippen LogP contribution in [0.2, 0.25) is 0 Å². The Kier molecular flexibility index (Phi) is 5.03. The van der Waals surface area contributed by atoms with Gasteiger partial charge in [0, 0.05) is 5.56 Å². The summed E-state index contributed by atoms with van der Waals surface area (Å²) in [6, 6.07) is 15.7. The number of hydrogen-bond donors (Lipinski definition) is 1. The van der Waals surface area contributed by atoms with Gasteiger partial charge in [-0.1, -0.05) is 60.2 Å². The monoisotopic (exact) mass is 393 g/mol. The third-order valence-electron chi connectivity index (χ3n) is 4.23. The van der Waals surface area contributed by atoms with E-state index in [0.717, 1.165) is 28.9 Å². The molecule has 0 radical (unpaired) electrons. The molecule has 0 saturated carbocycles. The zero-order valence-electron chi connectivity index (χ0n) is 15.5. The average Bonchev–Trinajstić information content (AvgIpc) is 3.26. The normalized spacial score (nSPS) is 10.9. The van der Waals surface area contributed by atoms with Crippen molar-refractivity contribution in [2.24, 2.45) is 0 Å². The number of anilines is 1. The van der Waals surface area contributed by atoms with Crippen LogP contribution in [-0.4, -0.2) is 32.3 Å². The Morgan fingerprint density at radius 3 is 2.86 bits per heavy atom. The Morgan fingerprint density at radius 2 is 2.04 bits per heavy atom. The Bertz CT molecular complexity index is 1130. The van der Waals surface area contributed by atoms with Crippen LogP contribution < -0.4 is 10.1 Å². The van der Waals surface area contributed by atoms with Crippen molar-refractivity contribution in [3.05, 3.63) is 59.7 Å². The van der Waals surface area contributed by atoms with E-state index in [1.54, 1.807) is 4.52 Å². The molecule has 0 bridgehead atoms. The van der Waals surface area contributed by atoms with E-state index >= 15 is 0 Å². The lowest BCUT2D eigenvalue weighted by atomic mass is 10.1. The fraction of sp³-hybridized carbons (Fsp3) is 0.200. The molecule has 142 valence electrons. The lowest BCUT2D eigenvalue weighted by molar-refractivity contribution is -0.118. The number of carbonyl (C=O) groups is 1. The van der Waals surface area contributed by atoms with E-state index in [2.05, 4.69) is 20.6 Å². The molecule has 0 atom stereocenters. The van der Waals surface area contributed by atoms with E-state index in [0.29, 0.717) is 15.9 Å². The molecule has 2 aromatic carbocycles. The second kappa shape index (κ2) is 7.77. The van der Waals surface area contributed by atoms with Crippen molar-refractivity contribution in [3.8, 4) is 17.1 Å². The third kappa shape index (κ3) is 3.72. The number of hydrogen-bond acceptors (Lipinski definition) is 6. The predicted molar refractivity (Wildman–Crippen MR) is 109 cm³/mol. The van der Waals surface area contributed by atoms with Crippen molar-refractivity contribution in [1.82, 2.24) is 19.8 Å². The summed E-state index contributed by atoms with van der Waals surface area (Å²) in [6.45, 7) is 3.99. The summed E-state index contributed by atoms with van der Waals surface area (Å²) in [5.41, 5.74) is 3.12. The molecule has 1 amide bonds. The summed E-state index contributed by atoms with van der Waals surface area (Å²) in [6.07, 6.45) is 0.843. The van der Waals surface area contributed by atoms with Crippen molar-refractivity contribution >= 4 is 27.3 Å². The molecular formula is C20H19N5O2S. The second-order valence-corrected chi connectivity index (χ2v) is 7.25. The highest BCUT2D eigenvalue weighted by Crippen LogP contribution is 2.24. The molecule has 0 fully saturated rings. The predicted octanol–water partition coefficient (Wildman–Crippen LogP) is 3.74. The highest BCUT2D eigenvalue weighted by atomic mass is 32.1. The lowest BCUT2D eigenvalue weighted by Gasteiger charge is -2.09. The molecule has 1 N–H and O–H groups in total. The number of nitrogens with one attached hydrogen (secondary N) is 1. The molecule has 4 aromatic rings. The minimum Gasteiger partial charge on any atom is -0.483 e. The number of aromatic nitrogens is 4. The van der Waals surface area contributed by atoms with Crippen LogP contribution in [-0.2, 0) is 11.2 Å². The third-order valence-corrected chi connectivity index (χ3v) is 5.04. The summed E-state index contributed by atoms with van der Waals surface area (Å²) in [4.78, 5) is 12.9. The summed E-state index contributed by atoms with van der Waals surface area (Å²) in [7, 11) is 0. The van der Waals surface area contributed by atoms with Gasteiger partial charge in [-0.3, -0.25) is 10.1 Å². The van der Waals surface area contributed by atoms with Crippen LogP contribution in [0.1, 0.15) is 18.1 Å². The molecule has 0 aliphatic rings. The van der Waals surface area contributed by atoms with Crippen LogP contribution in [0.5, 0.6) is 5.75 Å². The van der Waals surface area contributed by atoms with Gasteiger partial charge in [0.15, 0.2) is 12.4 Å². The molecular weight excluding hydrogens is 374 g/mol. The van der Waals surface area contributed by atoms with Crippen LogP contribution in [0.4, 0.5) is 5.13 Å². The molecule has 0 saturated heterocycles. The van der Waals surface area contributed by atoms with Gasteiger partial charge in [-0.25, -0.2) is 0 Å². The number of amides is 1. The Labute approximate surface area is 166 Å². The molecule has 0 aliphatic carbocycles. The molecule has 4 rings (SSSR count). The van der Waals surface area contributed by atoms with Crippen molar-refractivity contribution in [1.29, 1.82) is 0 Å². The zero-order chi connectivity index (χ0) is 19.5. The lowest BCUT2D eigenvalue weighted by Crippen LogP contribution is -2.20. The van der Waals surface area contributed by atoms with Gasteiger partial charge in [0.05, 0.1) is 0 Å². The van der Waals surface area contributed by atoms with Crippen LogP contribution in [0.15, 0.2) is 48.5 Å². The van der Waals surface area contributed by atoms with E-state index < -0.39 is 0 Å². The smallest absolute Gasteiger partial charge is 0.264 e. The minimum atomic E-state index is -0.270. The number of fused-ring (bicyclic) bond motifs is 1. The summed E-state index contributed by atoms with van der Waals surface area (Å²) >= 11 is 1.27. The van der Waals surface area contributed by atoms with Crippen molar-refractivity contribution in [2.45, 2.75) is 20.3 Å². The maximum atomic E-state index is 12.3. The summed E-state index contributed by atoms with van der Waals surface area (Å²) < 4.78 is 7.30. The van der Waals surface area contributed by atoms with Crippen LogP contribution >= 0.6 is 11.3 Å². The first-order chi connectivity index (χ1) is 13.6. The largest absolute Gasteiger partial charge is 0.483 e. The molecule has 28 heavy (non-hydrogen) atoms. The van der Waals surface area contributed by atoms with Crippen LogP contribution in [0.25, 0.3) is 16.3 Å². The van der Waals surface area contributed by atoms with Gasteiger partial charge in [-0.05, 0) is 31.0 Å². The number of rotatable bonds is 6. The van der Waals surface area contributed by atoms with Crippen molar-refractivity contribution < 1.29 is 9.53 Å². The molecule has 2 heterocycles. The molecule has 0 spiro atoms. The molecule has 0 aliphatic heterocycles. The number of nitrogens with zero attached hydrogens (tertiary/aromatic N) is 4. The molecule has 2 aromatic heterocycles. The van der Waals surface area contributed by atoms with Gasteiger partial charge >= 0.3 is 0 Å². The Morgan fingerprint density at radius 1 is 1.18 bits per heavy atom. The van der Waals surface area contributed by atoms with E-state index in [4.69, 9.17) is 4.74 Å². The number of aryl methyl sites for hydroxylation is 2. The number of benzene rings is 2. The van der Waals surface area contributed by atoms with Crippen molar-refractivity contribution in [2.75, 3.05) is 11.9 Å². The van der Waals surface area contributed by atoms with Crippen molar-refractivity contribution in [3.63, 3.8) is 0 Å². The molecule has 7 nitrogen and oxygen atoms in total. The van der Waals surface area contributed by atoms with Gasteiger partial charge in [0.25, 0.3) is 5.91 Å². The highest BCUT2D eigenvalue weighted by molar-refractivity contribution is 7.20. The first-order valence-corrected chi connectivity index (χ1v) is 9.75. The maximum Gasteiger partial charge on any atom is 0.264 e. The van der Waals surface area contributed by atoms with Gasteiger partial charge in [0.2, 0.25) is 10.1 Å². The van der Waals surface area contributed by atoms with E-state index in [-0.39, 0.29) is 12.5 Å². The first-order valence-electron chi connectivity index (χ1n) is 8.94. The SMILES string of the molecule is CCc1ccccc1OCC(=O)Nc1nn2c(-c3cccc(C)c3)nnc2s1. The van der Waals surface area contributed by atoms with Gasteiger partial charge in [-0.2, -0.15) is 4.52 Å². The van der Waals surface area contributed by atoms with Crippen LogP contribution in [0.3, 0.4) is 0 Å². The first kappa shape index (κ1) is 18.1.